The van der Waals surface area contributed by atoms with Crippen molar-refractivity contribution >= 4 is 46.1 Å². The summed E-state index contributed by atoms with van der Waals surface area (Å²) >= 11 is 0.980. The van der Waals surface area contributed by atoms with Crippen LogP contribution in [0.3, 0.4) is 0 Å². The SMILES string of the molecule is O=C(CC1Sc2ccc(C(F)(F)F)cc2NC1=O)NNC(=O)c1ccc2ccccc2n1. The number of nitrogens with one attached hydrogen (secondary N) is 3. The van der Waals surface area contributed by atoms with Crippen molar-refractivity contribution in [1.82, 2.24) is 15.8 Å². The van der Waals surface area contributed by atoms with Crippen molar-refractivity contribution in [1.29, 1.82) is 0 Å². The average molecular weight is 460 g/mol. The number of benzene rings is 2. The van der Waals surface area contributed by atoms with Crippen molar-refractivity contribution < 1.29 is 27.6 Å². The van der Waals surface area contributed by atoms with Gasteiger partial charge in [-0.15, -0.1) is 11.8 Å². The highest BCUT2D eigenvalue weighted by Gasteiger charge is 2.34. The second-order valence-corrected chi connectivity index (χ2v) is 8.14. The number of aromatic nitrogens is 1. The van der Waals surface area contributed by atoms with E-state index in [0.29, 0.717) is 10.4 Å². The first-order chi connectivity index (χ1) is 15.2. The van der Waals surface area contributed by atoms with Crippen LogP contribution in [0.25, 0.3) is 10.9 Å². The number of pyridine rings is 1. The molecule has 1 aliphatic heterocycles. The van der Waals surface area contributed by atoms with Crippen molar-refractivity contribution in [2.75, 3.05) is 5.32 Å². The van der Waals surface area contributed by atoms with Crippen LogP contribution in [0.2, 0.25) is 0 Å². The van der Waals surface area contributed by atoms with E-state index in [2.05, 4.69) is 21.2 Å². The number of hydrogen-bond donors (Lipinski definition) is 3. The first-order valence-corrected chi connectivity index (χ1v) is 10.2. The molecule has 11 heteroatoms. The second-order valence-electron chi connectivity index (χ2n) is 6.90. The van der Waals surface area contributed by atoms with E-state index in [1.165, 1.54) is 12.1 Å². The number of nitrogens with zero attached hydrogens (tertiary/aromatic N) is 1. The van der Waals surface area contributed by atoms with Gasteiger partial charge in [0.2, 0.25) is 11.8 Å². The molecule has 1 aliphatic rings. The quantitative estimate of drug-likeness (QED) is 0.520. The molecule has 1 unspecified atom stereocenters. The lowest BCUT2D eigenvalue weighted by molar-refractivity contribution is -0.137. The van der Waals surface area contributed by atoms with Crippen molar-refractivity contribution in [2.24, 2.45) is 0 Å². The summed E-state index contributed by atoms with van der Waals surface area (Å²) < 4.78 is 38.5. The monoisotopic (exact) mass is 460 g/mol. The fraction of sp³-hybridized carbons (Fsp3) is 0.143. The average Bonchev–Trinajstić information content (AvgIpc) is 2.76. The van der Waals surface area contributed by atoms with Crippen LogP contribution < -0.4 is 16.2 Å². The van der Waals surface area contributed by atoms with Crippen LogP contribution in [-0.4, -0.2) is 28.0 Å². The molecule has 32 heavy (non-hydrogen) atoms. The summed E-state index contributed by atoms with van der Waals surface area (Å²) in [5.74, 6) is -1.86. The van der Waals surface area contributed by atoms with Crippen molar-refractivity contribution in [2.45, 2.75) is 22.7 Å². The van der Waals surface area contributed by atoms with Gasteiger partial charge in [-0.1, -0.05) is 24.3 Å². The number of amides is 3. The van der Waals surface area contributed by atoms with E-state index in [0.717, 1.165) is 29.3 Å². The third-order valence-electron chi connectivity index (χ3n) is 4.64. The molecule has 2 aromatic carbocycles. The highest BCUT2D eigenvalue weighted by molar-refractivity contribution is 8.01. The minimum absolute atomic E-state index is 0.0437. The fourth-order valence-electron chi connectivity index (χ4n) is 3.06. The summed E-state index contributed by atoms with van der Waals surface area (Å²) in [6.07, 6.45) is -4.82. The number of fused-ring (bicyclic) bond motifs is 2. The second kappa shape index (κ2) is 8.50. The summed E-state index contributed by atoms with van der Waals surface area (Å²) in [4.78, 5) is 41.4. The van der Waals surface area contributed by atoms with Gasteiger partial charge in [0.1, 0.15) is 5.69 Å². The molecule has 7 nitrogen and oxygen atoms in total. The summed E-state index contributed by atoms with van der Waals surface area (Å²) in [5.41, 5.74) is 4.36. The summed E-state index contributed by atoms with van der Waals surface area (Å²) in [7, 11) is 0. The molecule has 2 heterocycles. The maximum Gasteiger partial charge on any atom is 0.416 e. The van der Waals surface area contributed by atoms with Gasteiger partial charge in [0.15, 0.2) is 0 Å². The lowest BCUT2D eigenvalue weighted by Crippen LogP contribution is -2.44. The molecule has 3 amide bonds. The summed E-state index contributed by atoms with van der Waals surface area (Å²) in [5, 5.41) is 2.39. The molecule has 0 saturated heterocycles. The lowest BCUT2D eigenvalue weighted by atomic mass is 10.1. The Labute approximate surface area is 183 Å². The van der Waals surface area contributed by atoms with Crippen LogP contribution in [0, 0.1) is 0 Å². The Hall–Kier alpha value is -3.60. The first kappa shape index (κ1) is 21.6. The van der Waals surface area contributed by atoms with Crippen LogP contribution in [-0.2, 0) is 15.8 Å². The van der Waals surface area contributed by atoms with Crippen LogP contribution in [0.5, 0.6) is 0 Å². The van der Waals surface area contributed by atoms with E-state index in [4.69, 9.17) is 0 Å². The zero-order chi connectivity index (χ0) is 22.9. The third-order valence-corrected chi connectivity index (χ3v) is 5.92. The van der Waals surface area contributed by atoms with Gasteiger partial charge >= 0.3 is 6.18 Å². The highest BCUT2D eigenvalue weighted by atomic mass is 32.2. The molecule has 1 aromatic heterocycles. The Bertz CT molecular complexity index is 1230. The molecule has 164 valence electrons. The summed E-state index contributed by atoms with van der Waals surface area (Å²) in [6, 6.07) is 13.5. The number of anilines is 1. The van der Waals surface area contributed by atoms with Crippen LogP contribution in [0.15, 0.2) is 59.5 Å². The molecule has 0 saturated carbocycles. The Balaban J connectivity index is 1.35. The molecule has 0 spiro atoms. The molecule has 0 bridgehead atoms. The zero-order valence-electron chi connectivity index (χ0n) is 16.2. The Morgan fingerprint density at radius 3 is 2.62 bits per heavy atom. The molecule has 0 fully saturated rings. The van der Waals surface area contributed by atoms with Crippen molar-refractivity contribution in [3.05, 3.63) is 65.9 Å². The molecule has 4 rings (SSSR count). The van der Waals surface area contributed by atoms with Crippen LogP contribution in [0.4, 0.5) is 18.9 Å². The highest BCUT2D eigenvalue weighted by Crippen LogP contribution is 2.40. The minimum Gasteiger partial charge on any atom is -0.324 e. The predicted molar refractivity (Wildman–Crippen MR) is 112 cm³/mol. The van der Waals surface area contributed by atoms with E-state index in [9.17, 15) is 27.6 Å². The topological polar surface area (TPSA) is 100 Å². The molecule has 3 aromatic rings. The molecular weight excluding hydrogens is 445 g/mol. The minimum atomic E-state index is -4.53. The van der Waals surface area contributed by atoms with Gasteiger partial charge in [-0.25, -0.2) is 4.98 Å². The number of hydrazine groups is 1. The standard InChI is InChI=1S/C21H15F3N4O3S/c22-21(23,24)12-6-8-16-15(9-12)26-20(31)17(32-16)10-18(29)27-28-19(30)14-7-5-11-3-1-2-4-13(11)25-14/h1-9,17H,10H2,(H,26,31)(H,27,29)(H,28,30). The third kappa shape index (κ3) is 4.67. The number of rotatable bonds is 3. The van der Waals surface area contributed by atoms with Crippen molar-refractivity contribution in [3.8, 4) is 0 Å². The Morgan fingerprint density at radius 1 is 1.06 bits per heavy atom. The first-order valence-electron chi connectivity index (χ1n) is 9.34. The van der Waals surface area contributed by atoms with Crippen molar-refractivity contribution in [3.63, 3.8) is 0 Å². The molecule has 3 N–H and O–H groups in total. The van der Waals surface area contributed by atoms with Gasteiger partial charge in [0, 0.05) is 16.7 Å². The fourth-order valence-corrected chi connectivity index (χ4v) is 4.15. The van der Waals surface area contributed by atoms with Gasteiger partial charge in [-0.2, -0.15) is 13.2 Å². The van der Waals surface area contributed by atoms with E-state index in [-0.39, 0.29) is 17.8 Å². The number of alkyl halides is 3. The number of carbonyl (C=O) groups excluding carboxylic acids is 3. The van der Waals surface area contributed by atoms with Gasteiger partial charge in [0.25, 0.3) is 5.91 Å². The maximum atomic E-state index is 12.8. The van der Waals surface area contributed by atoms with Gasteiger partial charge in [-0.3, -0.25) is 25.2 Å². The summed E-state index contributed by atoms with van der Waals surface area (Å²) in [6.45, 7) is 0. The van der Waals surface area contributed by atoms with E-state index >= 15 is 0 Å². The number of thioether (sulfide) groups is 1. The van der Waals surface area contributed by atoms with E-state index < -0.39 is 34.7 Å². The van der Waals surface area contributed by atoms with Gasteiger partial charge in [0.05, 0.1) is 22.0 Å². The van der Waals surface area contributed by atoms with Gasteiger partial charge in [-0.05, 0) is 30.3 Å². The van der Waals surface area contributed by atoms with Crippen LogP contribution >= 0.6 is 11.8 Å². The molecule has 1 atom stereocenters. The molecule has 0 aliphatic carbocycles. The van der Waals surface area contributed by atoms with Crippen LogP contribution in [0.1, 0.15) is 22.5 Å². The maximum absolute atomic E-state index is 12.8. The number of halogens is 3. The normalized spacial score (nSPS) is 15.6. The van der Waals surface area contributed by atoms with E-state index in [1.807, 2.05) is 12.1 Å². The number of hydrogen-bond acceptors (Lipinski definition) is 5. The Morgan fingerprint density at radius 2 is 1.84 bits per heavy atom. The largest absolute Gasteiger partial charge is 0.416 e. The Kier molecular flexibility index (Phi) is 5.74. The van der Waals surface area contributed by atoms with Gasteiger partial charge < -0.3 is 5.32 Å². The number of para-hydroxylation sites is 1. The zero-order valence-corrected chi connectivity index (χ0v) is 17.0. The smallest absolute Gasteiger partial charge is 0.324 e. The predicted octanol–water partition coefficient (Wildman–Crippen LogP) is 3.52. The lowest BCUT2D eigenvalue weighted by Gasteiger charge is -2.24. The van der Waals surface area contributed by atoms with E-state index in [1.54, 1.807) is 18.2 Å². The molecular formula is C21H15F3N4O3S. The molecule has 0 radical (unpaired) electrons. The number of carbonyl (C=O) groups is 3.